The van der Waals surface area contributed by atoms with Crippen LogP contribution >= 0.6 is 0 Å². The zero-order valence-electron chi connectivity index (χ0n) is 13.9. The topological polar surface area (TPSA) is 68.2 Å². The number of hydrogen-bond donors (Lipinski definition) is 0. The monoisotopic (exact) mass is 380 g/mol. The van der Waals surface area contributed by atoms with E-state index in [0.29, 0.717) is 5.75 Å². The Kier molecular flexibility index (Phi) is 5.62. The summed E-state index contributed by atoms with van der Waals surface area (Å²) in [6.07, 6.45) is -6.05. The van der Waals surface area contributed by atoms with Gasteiger partial charge in [-0.2, -0.15) is 26.7 Å². The second kappa shape index (κ2) is 7.20. The van der Waals surface area contributed by atoms with Crippen LogP contribution < -0.4 is 9.75 Å². The molecule has 2 unspecified atom stereocenters. The molecule has 0 radical (unpaired) electrons. The highest BCUT2D eigenvalue weighted by Crippen LogP contribution is 2.38. The minimum Gasteiger partial charge on any atom is -0.497 e. The average Bonchev–Trinajstić information content (AvgIpc) is 2.93. The van der Waals surface area contributed by atoms with Crippen LogP contribution in [0.3, 0.4) is 0 Å². The molecule has 1 aromatic carbocycles. The second-order valence-corrected chi connectivity index (χ2v) is 7.26. The lowest BCUT2D eigenvalue weighted by molar-refractivity contribution is -0.0636. The third-order valence-electron chi connectivity index (χ3n) is 3.82. The van der Waals surface area contributed by atoms with Crippen LogP contribution in [0.15, 0.2) is 29.4 Å². The Morgan fingerprint density at radius 1 is 1.20 bits per heavy atom. The minimum absolute atomic E-state index is 0.0227. The van der Waals surface area contributed by atoms with Crippen LogP contribution in [0.1, 0.15) is 20.3 Å². The Hall–Kier alpha value is -1.81. The quantitative estimate of drug-likeness (QED) is 0.709. The maximum Gasteiger partial charge on any atom is 0.431 e. The van der Waals surface area contributed by atoms with Crippen molar-refractivity contribution in [3.05, 3.63) is 24.3 Å². The highest BCUT2D eigenvalue weighted by atomic mass is 32.2. The van der Waals surface area contributed by atoms with Gasteiger partial charge in [0.1, 0.15) is 11.5 Å². The van der Waals surface area contributed by atoms with E-state index in [9.17, 15) is 21.6 Å². The summed E-state index contributed by atoms with van der Waals surface area (Å²) in [5, 5.41) is 4.59. The molecular formula is C15H19F3N2O4S. The summed E-state index contributed by atoms with van der Waals surface area (Å²) in [4.78, 5) is 0. The number of anilines is 1. The molecule has 0 saturated carbocycles. The first-order valence-corrected chi connectivity index (χ1v) is 9.20. The van der Waals surface area contributed by atoms with Crippen molar-refractivity contribution >= 4 is 21.5 Å². The zero-order valence-corrected chi connectivity index (χ0v) is 14.8. The van der Waals surface area contributed by atoms with Crippen molar-refractivity contribution in [2.75, 3.05) is 17.9 Å². The van der Waals surface area contributed by atoms with Crippen molar-refractivity contribution in [2.45, 2.75) is 32.7 Å². The van der Waals surface area contributed by atoms with Crippen molar-refractivity contribution in [1.82, 2.24) is 0 Å². The molecule has 2 atom stereocenters. The molecule has 0 spiro atoms. The SMILES string of the molecule is CCC1C(C(F)(F)F)=NN(c2ccc(OC)cc2)C1OS(=O)(=O)CC. The van der Waals surface area contributed by atoms with E-state index in [0.717, 1.165) is 5.01 Å². The van der Waals surface area contributed by atoms with E-state index in [1.165, 1.54) is 33.1 Å². The number of rotatable bonds is 6. The molecule has 0 saturated heterocycles. The summed E-state index contributed by atoms with van der Waals surface area (Å²) < 4.78 is 73.7. The van der Waals surface area contributed by atoms with E-state index in [2.05, 4.69) is 5.10 Å². The summed E-state index contributed by atoms with van der Waals surface area (Å²) in [6.45, 7) is 2.88. The Morgan fingerprint density at radius 2 is 1.80 bits per heavy atom. The van der Waals surface area contributed by atoms with Gasteiger partial charge < -0.3 is 4.74 Å². The lowest BCUT2D eigenvalue weighted by Gasteiger charge is -2.27. The Bertz CT molecular complexity index is 732. The van der Waals surface area contributed by atoms with Crippen LogP contribution in [0.5, 0.6) is 5.75 Å². The number of methoxy groups -OCH3 is 1. The maximum absolute atomic E-state index is 13.3. The van der Waals surface area contributed by atoms with Crippen LogP contribution in [-0.4, -0.2) is 39.4 Å². The first kappa shape index (κ1) is 19.5. The predicted molar refractivity (Wildman–Crippen MR) is 87.1 cm³/mol. The van der Waals surface area contributed by atoms with Gasteiger partial charge in [0.2, 0.25) is 0 Å². The number of halogens is 3. The number of alkyl halides is 3. The summed E-state index contributed by atoms with van der Waals surface area (Å²) >= 11 is 0. The number of hydrazone groups is 1. The molecule has 10 heteroatoms. The molecule has 0 aromatic heterocycles. The van der Waals surface area contributed by atoms with Gasteiger partial charge >= 0.3 is 6.18 Å². The molecule has 0 bridgehead atoms. The fourth-order valence-corrected chi connectivity index (χ4v) is 3.13. The largest absolute Gasteiger partial charge is 0.497 e. The van der Waals surface area contributed by atoms with E-state index in [-0.39, 0.29) is 17.9 Å². The summed E-state index contributed by atoms with van der Waals surface area (Å²) in [7, 11) is -2.52. The lowest BCUT2D eigenvalue weighted by atomic mass is 9.99. The van der Waals surface area contributed by atoms with Gasteiger partial charge in [-0.3, -0.25) is 0 Å². The fraction of sp³-hybridized carbons (Fsp3) is 0.533. The highest BCUT2D eigenvalue weighted by molar-refractivity contribution is 7.86. The van der Waals surface area contributed by atoms with E-state index < -0.39 is 34.2 Å². The number of ether oxygens (including phenoxy) is 1. The van der Waals surface area contributed by atoms with Crippen molar-refractivity contribution in [3.63, 3.8) is 0 Å². The lowest BCUT2D eigenvalue weighted by Crippen LogP contribution is -2.40. The van der Waals surface area contributed by atoms with Gasteiger partial charge in [0, 0.05) is 0 Å². The molecule has 6 nitrogen and oxygen atoms in total. The fourth-order valence-electron chi connectivity index (χ4n) is 2.48. The van der Waals surface area contributed by atoms with Crippen molar-refractivity contribution in [1.29, 1.82) is 0 Å². The first-order chi connectivity index (χ1) is 11.6. The first-order valence-electron chi connectivity index (χ1n) is 7.62. The van der Waals surface area contributed by atoms with E-state index in [1.807, 2.05) is 0 Å². The van der Waals surface area contributed by atoms with Gasteiger partial charge in [0.15, 0.2) is 6.23 Å². The Balaban J connectivity index is 2.47. The molecule has 140 valence electrons. The van der Waals surface area contributed by atoms with Gasteiger partial charge in [-0.1, -0.05) is 6.92 Å². The summed E-state index contributed by atoms with van der Waals surface area (Å²) in [5.41, 5.74) is -0.781. The number of benzene rings is 1. The van der Waals surface area contributed by atoms with E-state index in [4.69, 9.17) is 8.92 Å². The Morgan fingerprint density at radius 3 is 2.24 bits per heavy atom. The van der Waals surface area contributed by atoms with Crippen LogP contribution in [-0.2, 0) is 14.3 Å². The standard InChI is InChI=1S/C15H19F3N2O4S/c1-4-12-13(15(16,17)18)19-20(14(12)24-25(21,22)5-2)10-6-8-11(23-3)9-7-10/h6-9,12,14H,4-5H2,1-3H3. The molecule has 2 rings (SSSR count). The molecule has 25 heavy (non-hydrogen) atoms. The van der Waals surface area contributed by atoms with E-state index in [1.54, 1.807) is 12.1 Å². The third kappa shape index (κ3) is 4.24. The van der Waals surface area contributed by atoms with Crippen LogP contribution in [0.4, 0.5) is 18.9 Å². The molecule has 1 aromatic rings. The minimum atomic E-state index is -4.68. The van der Waals surface area contributed by atoms with Crippen molar-refractivity contribution in [3.8, 4) is 5.75 Å². The number of hydrogen-bond acceptors (Lipinski definition) is 6. The molecule has 0 N–H and O–H groups in total. The maximum atomic E-state index is 13.3. The molecule has 1 aliphatic heterocycles. The average molecular weight is 380 g/mol. The van der Waals surface area contributed by atoms with Crippen molar-refractivity contribution in [2.24, 2.45) is 11.0 Å². The molecule has 0 amide bonds. The summed E-state index contributed by atoms with van der Waals surface area (Å²) in [6, 6.07) is 6.07. The molecule has 1 aliphatic rings. The van der Waals surface area contributed by atoms with Gasteiger partial charge in [0.05, 0.1) is 24.5 Å². The van der Waals surface area contributed by atoms with Gasteiger partial charge in [-0.15, -0.1) is 0 Å². The third-order valence-corrected chi connectivity index (χ3v) is 5.02. The van der Waals surface area contributed by atoms with E-state index >= 15 is 0 Å². The van der Waals surface area contributed by atoms with Crippen LogP contribution in [0.2, 0.25) is 0 Å². The van der Waals surface area contributed by atoms with Crippen LogP contribution in [0, 0.1) is 5.92 Å². The normalized spacial score (nSPS) is 21.4. The predicted octanol–water partition coefficient (Wildman–Crippen LogP) is 3.15. The molecular weight excluding hydrogens is 361 g/mol. The smallest absolute Gasteiger partial charge is 0.431 e. The molecule has 1 heterocycles. The van der Waals surface area contributed by atoms with Crippen molar-refractivity contribution < 1.29 is 30.5 Å². The van der Waals surface area contributed by atoms with Crippen LogP contribution in [0.25, 0.3) is 0 Å². The molecule has 0 aliphatic carbocycles. The van der Waals surface area contributed by atoms with Gasteiger partial charge in [0.25, 0.3) is 10.1 Å². The van der Waals surface area contributed by atoms with Gasteiger partial charge in [-0.25, -0.2) is 9.19 Å². The second-order valence-electron chi connectivity index (χ2n) is 5.37. The zero-order chi connectivity index (χ0) is 18.8. The van der Waals surface area contributed by atoms with Gasteiger partial charge in [-0.05, 0) is 37.6 Å². The molecule has 0 fully saturated rings. The number of nitrogens with zero attached hydrogens (tertiary/aromatic N) is 2. The Labute approximate surface area is 144 Å². The highest BCUT2D eigenvalue weighted by Gasteiger charge is 2.51. The summed E-state index contributed by atoms with van der Waals surface area (Å²) in [5.74, 6) is -1.06.